The first-order valence-corrected chi connectivity index (χ1v) is 7.63. The number of rotatable bonds is 7. The predicted molar refractivity (Wildman–Crippen MR) is 84.6 cm³/mol. The van der Waals surface area contributed by atoms with Crippen LogP contribution in [-0.4, -0.2) is 34.4 Å². The number of nitrogens with one attached hydrogen (secondary N) is 1. The number of methoxy groups -OCH3 is 1. The van der Waals surface area contributed by atoms with Crippen molar-refractivity contribution in [1.82, 2.24) is 19.9 Å². The van der Waals surface area contributed by atoms with E-state index in [9.17, 15) is 0 Å². The molecule has 0 radical (unpaired) electrons. The minimum absolute atomic E-state index is 0.220. The molecule has 0 aliphatic carbocycles. The van der Waals surface area contributed by atoms with Gasteiger partial charge in [-0.25, -0.2) is 9.50 Å². The normalized spacial score (nSPS) is 14.5. The first kappa shape index (κ1) is 15.9. The van der Waals surface area contributed by atoms with Crippen molar-refractivity contribution in [3.63, 3.8) is 0 Å². The molecule has 0 spiro atoms. The molecular weight excluding hydrogens is 264 g/mol. The van der Waals surface area contributed by atoms with Crippen LogP contribution in [0.3, 0.4) is 0 Å². The van der Waals surface area contributed by atoms with Crippen LogP contribution in [0, 0.1) is 13.8 Å². The van der Waals surface area contributed by atoms with Crippen molar-refractivity contribution in [2.24, 2.45) is 0 Å². The third-order valence-corrected chi connectivity index (χ3v) is 3.84. The van der Waals surface area contributed by atoms with E-state index in [0.29, 0.717) is 6.04 Å². The summed E-state index contributed by atoms with van der Waals surface area (Å²) in [5.74, 6) is 0. The van der Waals surface area contributed by atoms with Gasteiger partial charge in [0.05, 0.1) is 12.3 Å². The van der Waals surface area contributed by atoms with Crippen molar-refractivity contribution < 1.29 is 4.74 Å². The second-order valence-corrected chi connectivity index (χ2v) is 5.68. The largest absolute Gasteiger partial charge is 0.383 e. The Morgan fingerprint density at radius 3 is 2.81 bits per heavy atom. The van der Waals surface area contributed by atoms with Gasteiger partial charge in [-0.05, 0) is 27.2 Å². The van der Waals surface area contributed by atoms with Gasteiger partial charge in [0.2, 0.25) is 0 Å². The van der Waals surface area contributed by atoms with E-state index >= 15 is 0 Å². The van der Waals surface area contributed by atoms with Crippen molar-refractivity contribution in [2.75, 3.05) is 13.7 Å². The lowest BCUT2D eigenvalue weighted by Gasteiger charge is -2.23. The molecule has 0 fully saturated rings. The van der Waals surface area contributed by atoms with E-state index in [1.54, 1.807) is 7.11 Å². The fraction of sp³-hybridized carbons (Fsp3) is 0.625. The maximum atomic E-state index is 5.30. The summed E-state index contributed by atoms with van der Waals surface area (Å²) in [7, 11) is 1.75. The van der Waals surface area contributed by atoms with Crippen LogP contribution >= 0.6 is 0 Å². The van der Waals surface area contributed by atoms with Crippen LogP contribution in [0.25, 0.3) is 5.65 Å². The standard InChI is InChI=1S/C16H26N4O/c1-6-7-14(10-21-5)18-12(3)15-9-17-16-8-11(2)19-20(16)13(15)4/h8-9,12,14,18H,6-7,10H2,1-5H3. The summed E-state index contributed by atoms with van der Waals surface area (Å²) in [4.78, 5) is 4.51. The first-order valence-electron chi connectivity index (χ1n) is 7.63. The van der Waals surface area contributed by atoms with E-state index in [1.807, 2.05) is 23.7 Å². The number of aryl methyl sites for hydroxylation is 2. The van der Waals surface area contributed by atoms with Crippen LogP contribution in [0.2, 0.25) is 0 Å². The smallest absolute Gasteiger partial charge is 0.155 e. The average molecular weight is 290 g/mol. The third-order valence-electron chi connectivity index (χ3n) is 3.84. The zero-order valence-corrected chi connectivity index (χ0v) is 13.7. The molecule has 5 nitrogen and oxygen atoms in total. The van der Waals surface area contributed by atoms with E-state index in [4.69, 9.17) is 4.74 Å². The van der Waals surface area contributed by atoms with Gasteiger partial charge in [0.15, 0.2) is 5.65 Å². The molecule has 2 unspecified atom stereocenters. The third kappa shape index (κ3) is 3.60. The Bertz CT molecular complexity index is 587. The summed E-state index contributed by atoms with van der Waals surface area (Å²) in [5, 5.41) is 8.15. The highest BCUT2D eigenvalue weighted by Gasteiger charge is 2.16. The topological polar surface area (TPSA) is 51.5 Å². The number of ether oxygens (including phenoxy) is 1. The van der Waals surface area contributed by atoms with Crippen LogP contribution in [-0.2, 0) is 4.74 Å². The second kappa shape index (κ2) is 7.00. The molecule has 0 saturated heterocycles. The number of fused-ring (bicyclic) bond motifs is 1. The molecule has 2 aromatic rings. The van der Waals surface area contributed by atoms with Crippen molar-refractivity contribution >= 4 is 5.65 Å². The molecule has 0 aliphatic rings. The number of nitrogens with zero attached hydrogens (tertiary/aromatic N) is 3. The lowest BCUT2D eigenvalue weighted by Crippen LogP contribution is -2.35. The van der Waals surface area contributed by atoms with Gasteiger partial charge in [0.1, 0.15) is 0 Å². The molecule has 116 valence electrons. The summed E-state index contributed by atoms with van der Waals surface area (Å²) in [5.41, 5.74) is 4.22. The van der Waals surface area contributed by atoms with E-state index in [-0.39, 0.29) is 6.04 Å². The van der Waals surface area contributed by atoms with Gasteiger partial charge in [-0.1, -0.05) is 13.3 Å². The lowest BCUT2D eigenvalue weighted by molar-refractivity contribution is 0.157. The molecule has 2 rings (SSSR count). The zero-order chi connectivity index (χ0) is 15.4. The van der Waals surface area contributed by atoms with Crippen molar-refractivity contribution in [3.8, 4) is 0 Å². The number of hydrogen-bond donors (Lipinski definition) is 1. The summed E-state index contributed by atoms with van der Waals surface area (Å²) in [6.45, 7) is 9.18. The van der Waals surface area contributed by atoms with Crippen molar-refractivity contribution in [3.05, 3.63) is 29.2 Å². The van der Waals surface area contributed by atoms with Crippen molar-refractivity contribution in [1.29, 1.82) is 0 Å². The van der Waals surface area contributed by atoms with Crippen LogP contribution in [0.1, 0.15) is 49.7 Å². The molecule has 0 aromatic carbocycles. The molecule has 2 aromatic heterocycles. The van der Waals surface area contributed by atoms with Crippen molar-refractivity contribution in [2.45, 2.75) is 52.6 Å². The summed E-state index contributed by atoms with van der Waals surface area (Å²) in [6.07, 6.45) is 4.20. The molecule has 0 saturated carbocycles. The van der Waals surface area contributed by atoms with Crippen LogP contribution < -0.4 is 5.32 Å². The summed E-state index contributed by atoms with van der Waals surface area (Å²) < 4.78 is 7.23. The molecule has 5 heteroatoms. The summed E-state index contributed by atoms with van der Waals surface area (Å²) >= 11 is 0. The molecule has 2 atom stereocenters. The van der Waals surface area contributed by atoms with E-state index in [2.05, 4.69) is 36.2 Å². The molecule has 1 N–H and O–H groups in total. The van der Waals surface area contributed by atoms with E-state index in [1.165, 1.54) is 5.56 Å². The van der Waals surface area contributed by atoms with E-state index < -0.39 is 0 Å². The van der Waals surface area contributed by atoms with Gasteiger partial charge in [-0.15, -0.1) is 0 Å². The Morgan fingerprint density at radius 2 is 2.14 bits per heavy atom. The van der Waals surface area contributed by atoms with E-state index in [0.717, 1.165) is 36.5 Å². The minimum Gasteiger partial charge on any atom is -0.383 e. The molecule has 0 amide bonds. The van der Waals surface area contributed by atoms with Crippen LogP contribution in [0.15, 0.2) is 12.3 Å². The number of aromatic nitrogens is 3. The van der Waals surface area contributed by atoms with Gasteiger partial charge >= 0.3 is 0 Å². The SMILES string of the molecule is CCCC(COC)NC(C)c1cnc2cc(C)nn2c1C. The van der Waals surface area contributed by atoms with Crippen LogP contribution in [0.4, 0.5) is 0 Å². The van der Waals surface area contributed by atoms with Gasteiger partial charge in [-0.2, -0.15) is 5.10 Å². The Hall–Kier alpha value is -1.46. The number of hydrogen-bond acceptors (Lipinski definition) is 4. The quantitative estimate of drug-likeness (QED) is 0.852. The average Bonchev–Trinajstić information content (AvgIpc) is 2.81. The van der Waals surface area contributed by atoms with Gasteiger partial charge in [0, 0.05) is 42.7 Å². The molecule has 0 bridgehead atoms. The Labute approximate surface area is 126 Å². The minimum atomic E-state index is 0.220. The monoisotopic (exact) mass is 290 g/mol. The fourth-order valence-electron chi connectivity index (χ4n) is 2.81. The van der Waals surface area contributed by atoms with Gasteiger partial charge in [0.25, 0.3) is 0 Å². The Morgan fingerprint density at radius 1 is 1.38 bits per heavy atom. The van der Waals surface area contributed by atoms with Gasteiger partial charge < -0.3 is 10.1 Å². The molecule has 2 heterocycles. The highest BCUT2D eigenvalue weighted by molar-refractivity contribution is 5.42. The lowest BCUT2D eigenvalue weighted by atomic mass is 10.1. The zero-order valence-electron chi connectivity index (χ0n) is 13.7. The van der Waals surface area contributed by atoms with Gasteiger partial charge in [-0.3, -0.25) is 0 Å². The highest BCUT2D eigenvalue weighted by atomic mass is 16.5. The summed E-state index contributed by atoms with van der Waals surface area (Å²) in [6, 6.07) is 2.59. The second-order valence-electron chi connectivity index (χ2n) is 5.68. The van der Waals surface area contributed by atoms with Crippen LogP contribution in [0.5, 0.6) is 0 Å². The Kier molecular flexibility index (Phi) is 5.31. The highest BCUT2D eigenvalue weighted by Crippen LogP contribution is 2.19. The maximum Gasteiger partial charge on any atom is 0.155 e. The fourth-order valence-corrected chi connectivity index (χ4v) is 2.81. The molecule has 21 heavy (non-hydrogen) atoms. The predicted octanol–water partition coefficient (Wildman–Crippen LogP) is 2.81. The maximum absolute atomic E-state index is 5.30. The Balaban J connectivity index is 2.21. The molecular formula is C16H26N4O. The first-order chi connectivity index (χ1) is 10.1. The molecule has 0 aliphatic heterocycles.